The average Bonchev–Trinajstić information content (AvgIpc) is 2.07. The van der Waals surface area contributed by atoms with Gasteiger partial charge in [-0.3, -0.25) is 4.79 Å². The Kier molecular flexibility index (Phi) is 3.36. The lowest BCUT2D eigenvalue weighted by Crippen LogP contribution is -2.25. The molecule has 0 aliphatic carbocycles. The van der Waals surface area contributed by atoms with Crippen LogP contribution in [0.25, 0.3) is 12.8 Å². The van der Waals surface area contributed by atoms with Gasteiger partial charge in [0.15, 0.2) is 5.78 Å². The van der Waals surface area contributed by atoms with Crippen LogP contribution in [0.2, 0.25) is 0 Å². The second-order valence-electron chi connectivity index (χ2n) is 3.17. The minimum absolute atomic E-state index is 0.0562. The standard InChI is InChI=1S/C11H13NOS/c1-8-6-10(9(2)13)4-5-11(8)7-12(3)14/h4-7,14H,1H2,2-3H3/b11-7+. The molecule has 1 aromatic carbocycles. The minimum atomic E-state index is 0.0562. The molecule has 0 bridgehead atoms. The predicted octanol–water partition coefficient (Wildman–Crippen LogP) is 0.814. The molecule has 14 heavy (non-hydrogen) atoms. The average molecular weight is 207 g/mol. The van der Waals surface area contributed by atoms with Gasteiger partial charge >= 0.3 is 0 Å². The summed E-state index contributed by atoms with van der Waals surface area (Å²) in [5, 5.41) is 1.80. The van der Waals surface area contributed by atoms with E-state index in [2.05, 4.69) is 19.4 Å². The number of carbonyl (C=O) groups excluding carboxylic acids is 1. The maximum absolute atomic E-state index is 11.1. The summed E-state index contributed by atoms with van der Waals surface area (Å²) in [5.74, 6) is 0.0562. The van der Waals surface area contributed by atoms with Crippen molar-refractivity contribution in [2.24, 2.45) is 0 Å². The number of benzene rings is 1. The second-order valence-corrected chi connectivity index (χ2v) is 3.80. The summed E-state index contributed by atoms with van der Waals surface area (Å²) in [5.41, 5.74) is 0.689. The Morgan fingerprint density at radius 2 is 2.21 bits per heavy atom. The zero-order valence-electron chi connectivity index (χ0n) is 8.32. The third kappa shape index (κ3) is 2.64. The maximum Gasteiger partial charge on any atom is 0.159 e. The van der Waals surface area contributed by atoms with Gasteiger partial charge in [-0.1, -0.05) is 31.5 Å². The molecule has 0 saturated carbocycles. The zero-order chi connectivity index (χ0) is 10.7. The Morgan fingerprint density at radius 1 is 1.57 bits per heavy atom. The Bertz CT molecular complexity index is 451. The van der Waals surface area contributed by atoms with Gasteiger partial charge in [0.2, 0.25) is 0 Å². The maximum atomic E-state index is 11.1. The van der Waals surface area contributed by atoms with Crippen molar-refractivity contribution in [3.8, 4) is 0 Å². The molecular formula is C11H13NOS. The Morgan fingerprint density at radius 3 is 2.64 bits per heavy atom. The first-order chi connectivity index (χ1) is 6.50. The molecule has 0 amide bonds. The van der Waals surface area contributed by atoms with E-state index in [9.17, 15) is 4.79 Å². The first-order valence-corrected chi connectivity index (χ1v) is 4.64. The van der Waals surface area contributed by atoms with Crippen LogP contribution >= 0.6 is 12.8 Å². The highest BCUT2D eigenvalue weighted by molar-refractivity contribution is 7.78. The molecule has 0 aromatic heterocycles. The number of carbonyl (C=O) groups is 1. The van der Waals surface area contributed by atoms with Crippen LogP contribution < -0.4 is 10.4 Å². The number of ketones is 1. The molecule has 0 N–H and O–H groups in total. The summed E-state index contributed by atoms with van der Waals surface area (Å²) in [6.07, 6.45) is 1.84. The summed E-state index contributed by atoms with van der Waals surface area (Å²) in [6, 6.07) is 5.44. The van der Waals surface area contributed by atoms with Crippen LogP contribution in [0, 0.1) is 0 Å². The molecule has 74 valence electrons. The van der Waals surface area contributed by atoms with Crippen molar-refractivity contribution in [3.63, 3.8) is 0 Å². The highest BCUT2D eigenvalue weighted by Gasteiger charge is 1.97. The van der Waals surface area contributed by atoms with Gasteiger partial charge in [-0.2, -0.15) is 0 Å². The fraction of sp³-hybridized carbons (Fsp3) is 0.182. The van der Waals surface area contributed by atoms with Crippen LogP contribution in [-0.4, -0.2) is 17.1 Å². The summed E-state index contributed by atoms with van der Waals surface area (Å²) < 4.78 is 1.65. The van der Waals surface area contributed by atoms with Gasteiger partial charge < -0.3 is 4.31 Å². The molecule has 2 nitrogen and oxygen atoms in total. The topological polar surface area (TPSA) is 20.3 Å². The highest BCUT2D eigenvalue weighted by atomic mass is 32.1. The molecule has 0 unspecified atom stereocenters. The molecule has 0 heterocycles. The SMILES string of the molecule is C=c1cc(C(C)=O)cc/c1=C\N(C)S. The van der Waals surface area contributed by atoms with Crippen molar-refractivity contribution >= 4 is 31.4 Å². The zero-order valence-corrected chi connectivity index (χ0v) is 9.21. The fourth-order valence-electron chi connectivity index (χ4n) is 1.15. The Labute approximate surface area is 89.1 Å². The van der Waals surface area contributed by atoms with Crippen LogP contribution in [0.3, 0.4) is 0 Å². The van der Waals surface area contributed by atoms with E-state index in [1.165, 1.54) is 0 Å². The number of hydrogen-bond acceptors (Lipinski definition) is 3. The van der Waals surface area contributed by atoms with Crippen molar-refractivity contribution in [1.29, 1.82) is 0 Å². The van der Waals surface area contributed by atoms with Crippen molar-refractivity contribution in [1.82, 2.24) is 4.31 Å². The lowest BCUT2D eigenvalue weighted by Gasteiger charge is -2.02. The molecular weight excluding hydrogens is 194 g/mol. The van der Waals surface area contributed by atoms with E-state index < -0.39 is 0 Å². The van der Waals surface area contributed by atoms with Crippen LogP contribution in [0.1, 0.15) is 17.3 Å². The molecule has 3 heteroatoms. The molecule has 1 rings (SSSR count). The van der Waals surface area contributed by atoms with Crippen LogP contribution in [0.15, 0.2) is 18.2 Å². The number of rotatable bonds is 2. The van der Waals surface area contributed by atoms with Crippen LogP contribution in [0.4, 0.5) is 0 Å². The molecule has 0 aliphatic rings. The van der Waals surface area contributed by atoms with E-state index in [1.807, 2.05) is 19.3 Å². The van der Waals surface area contributed by atoms with E-state index in [4.69, 9.17) is 0 Å². The molecule has 0 fully saturated rings. The van der Waals surface area contributed by atoms with E-state index in [0.29, 0.717) is 5.56 Å². The molecule has 1 aromatic rings. The number of hydrogen-bond donors (Lipinski definition) is 1. The molecule has 0 aliphatic heterocycles. The van der Waals surface area contributed by atoms with Gasteiger partial charge in [-0.05, 0) is 23.4 Å². The monoisotopic (exact) mass is 207 g/mol. The highest BCUT2D eigenvalue weighted by Crippen LogP contribution is 1.93. The molecule has 0 atom stereocenters. The number of thiol groups is 1. The van der Waals surface area contributed by atoms with Gasteiger partial charge in [0.05, 0.1) is 0 Å². The summed E-state index contributed by atoms with van der Waals surface area (Å²) in [6.45, 7) is 5.42. The number of nitrogens with zero attached hydrogens (tertiary/aromatic N) is 1. The molecule has 0 radical (unpaired) electrons. The number of Topliss-reactive ketones (excluding diaryl/α,β-unsaturated/α-hetero) is 1. The summed E-state index contributed by atoms with van der Waals surface area (Å²) in [4.78, 5) is 11.1. The van der Waals surface area contributed by atoms with Crippen molar-refractivity contribution < 1.29 is 4.79 Å². The van der Waals surface area contributed by atoms with Crippen molar-refractivity contribution in [2.45, 2.75) is 6.92 Å². The first kappa shape index (κ1) is 10.9. The smallest absolute Gasteiger partial charge is 0.159 e. The van der Waals surface area contributed by atoms with Gasteiger partial charge in [0, 0.05) is 18.8 Å². The lowest BCUT2D eigenvalue weighted by molar-refractivity contribution is 0.101. The minimum Gasteiger partial charge on any atom is -0.328 e. The van der Waals surface area contributed by atoms with Gasteiger partial charge in [-0.15, -0.1) is 0 Å². The summed E-state index contributed by atoms with van der Waals surface area (Å²) >= 11 is 4.11. The second kappa shape index (κ2) is 4.33. The third-order valence-corrected chi connectivity index (χ3v) is 1.99. The van der Waals surface area contributed by atoms with E-state index >= 15 is 0 Å². The van der Waals surface area contributed by atoms with E-state index in [0.717, 1.165) is 10.4 Å². The molecule has 0 spiro atoms. The van der Waals surface area contributed by atoms with Crippen LogP contribution in [0.5, 0.6) is 0 Å². The fourth-order valence-corrected chi connectivity index (χ4v) is 1.28. The van der Waals surface area contributed by atoms with Gasteiger partial charge in [0.25, 0.3) is 0 Å². The van der Waals surface area contributed by atoms with E-state index in [1.54, 1.807) is 23.4 Å². The summed E-state index contributed by atoms with van der Waals surface area (Å²) in [7, 11) is 1.82. The van der Waals surface area contributed by atoms with E-state index in [-0.39, 0.29) is 5.78 Å². The predicted molar refractivity (Wildman–Crippen MR) is 62.4 cm³/mol. The van der Waals surface area contributed by atoms with Gasteiger partial charge in [-0.25, -0.2) is 0 Å². The normalized spacial score (nSPS) is 11.5. The third-order valence-electron chi connectivity index (χ3n) is 1.88. The van der Waals surface area contributed by atoms with Crippen LogP contribution in [-0.2, 0) is 0 Å². The van der Waals surface area contributed by atoms with Crippen molar-refractivity contribution in [2.75, 3.05) is 7.05 Å². The van der Waals surface area contributed by atoms with Crippen molar-refractivity contribution in [3.05, 3.63) is 34.2 Å². The quantitative estimate of drug-likeness (QED) is 0.572. The Hall–Kier alpha value is -1.22. The Balaban J connectivity index is 3.28. The largest absolute Gasteiger partial charge is 0.328 e. The first-order valence-electron chi connectivity index (χ1n) is 4.24. The van der Waals surface area contributed by atoms with Gasteiger partial charge in [0.1, 0.15) is 0 Å². The molecule has 0 saturated heterocycles. The lowest BCUT2D eigenvalue weighted by atomic mass is 10.1.